The molecule has 0 amide bonds. The third kappa shape index (κ3) is 3.07. The zero-order valence-corrected chi connectivity index (χ0v) is 15.2. The molecule has 0 radical (unpaired) electrons. The van der Waals surface area contributed by atoms with E-state index in [9.17, 15) is 4.79 Å². The minimum Gasteiger partial charge on any atom is -0.356 e. The molecule has 0 spiro atoms. The first-order valence-electron chi connectivity index (χ1n) is 9.17. The Morgan fingerprint density at radius 2 is 2.15 bits per heavy atom. The number of carbonyl (C=O) groups is 1. The number of nitrogens with zero attached hydrogens (tertiary/aromatic N) is 5. The summed E-state index contributed by atoms with van der Waals surface area (Å²) in [6.45, 7) is 5.91. The molecular formula is C20H23N5O. The van der Waals surface area contributed by atoms with Crippen LogP contribution in [0.25, 0.3) is 5.65 Å². The van der Waals surface area contributed by atoms with Gasteiger partial charge in [0.1, 0.15) is 5.82 Å². The van der Waals surface area contributed by atoms with E-state index in [4.69, 9.17) is 4.98 Å². The number of hydrogen-bond acceptors (Lipinski definition) is 5. The molecular weight excluding hydrogens is 326 g/mol. The molecule has 6 heteroatoms. The number of carbonyl (C=O) groups excluding carboxylic acids is 1. The lowest BCUT2D eigenvalue weighted by Gasteiger charge is -2.34. The van der Waals surface area contributed by atoms with E-state index in [1.807, 2.05) is 22.7 Å². The molecule has 0 bridgehead atoms. The van der Waals surface area contributed by atoms with E-state index in [1.54, 1.807) is 18.6 Å². The Labute approximate surface area is 152 Å². The SMILES string of the molecule is CC(C)c1cc(N2CCC[C@@H](C(=O)c3cccnc3)C2)n2nccc2n1. The fraction of sp³-hybridized carbons (Fsp3) is 0.400. The highest BCUT2D eigenvalue weighted by Crippen LogP contribution is 2.27. The highest BCUT2D eigenvalue weighted by atomic mass is 16.1. The molecule has 4 heterocycles. The van der Waals surface area contributed by atoms with Crippen LogP contribution in [0.5, 0.6) is 0 Å². The van der Waals surface area contributed by atoms with Crippen molar-refractivity contribution in [2.24, 2.45) is 5.92 Å². The molecule has 4 rings (SSSR count). The predicted octanol–water partition coefficient (Wildman–Crippen LogP) is 3.35. The van der Waals surface area contributed by atoms with E-state index in [1.165, 1.54) is 0 Å². The smallest absolute Gasteiger partial charge is 0.169 e. The van der Waals surface area contributed by atoms with Gasteiger partial charge in [0.2, 0.25) is 0 Å². The van der Waals surface area contributed by atoms with Crippen LogP contribution in [0.2, 0.25) is 0 Å². The van der Waals surface area contributed by atoms with Crippen LogP contribution in [-0.4, -0.2) is 38.5 Å². The lowest BCUT2D eigenvalue weighted by molar-refractivity contribution is 0.0906. The summed E-state index contributed by atoms with van der Waals surface area (Å²) in [5.74, 6) is 1.52. The fourth-order valence-corrected chi connectivity index (χ4v) is 3.58. The molecule has 1 saturated heterocycles. The largest absolute Gasteiger partial charge is 0.356 e. The summed E-state index contributed by atoms with van der Waals surface area (Å²) >= 11 is 0. The molecule has 6 nitrogen and oxygen atoms in total. The average Bonchev–Trinajstić information content (AvgIpc) is 3.16. The summed E-state index contributed by atoms with van der Waals surface area (Å²) in [7, 11) is 0. The summed E-state index contributed by atoms with van der Waals surface area (Å²) in [6, 6.07) is 7.71. The van der Waals surface area contributed by atoms with Crippen molar-refractivity contribution in [2.75, 3.05) is 18.0 Å². The standard InChI is InChI=1S/C20H23N5O/c1-14(2)17-11-19(25-18(23-17)7-9-22-25)24-10-4-6-16(13-24)20(26)15-5-3-8-21-12-15/h3,5,7-9,11-12,14,16H,4,6,10,13H2,1-2H3/t16-/m1/s1. The molecule has 1 aliphatic rings. The van der Waals surface area contributed by atoms with Crippen molar-refractivity contribution < 1.29 is 4.79 Å². The fourth-order valence-electron chi connectivity index (χ4n) is 3.58. The maximum Gasteiger partial charge on any atom is 0.169 e. The Kier molecular flexibility index (Phi) is 4.41. The Bertz CT molecular complexity index is 918. The minimum absolute atomic E-state index is 0.0192. The predicted molar refractivity (Wildman–Crippen MR) is 101 cm³/mol. The van der Waals surface area contributed by atoms with Crippen LogP contribution in [0.3, 0.4) is 0 Å². The topological polar surface area (TPSA) is 63.4 Å². The molecule has 0 aliphatic carbocycles. The molecule has 3 aromatic heterocycles. The van der Waals surface area contributed by atoms with Crippen molar-refractivity contribution in [3.63, 3.8) is 0 Å². The molecule has 1 fully saturated rings. The number of pyridine rings is 1. The number of ketones is 1. The summed E-state index contributed by atoms with van der Waals surface area (Å²) < 4.78 is 1.88. The lowest BCUT2D eigenvalue weighted by Crippen LogP contribution is -2.40. The van der Waals surface area contributed by atoms with Crippen LogP contribution in [-0.2, 0) is 0 Å². The van der Waals surface area contributed by atoms with Gasteiger partial charge in [-0.2, -0.15) is 9.61 Å². The quantitative estimate of drug-likeness (QED) is 0.676. The first-order chi connectivity index (χ1) is 12.6. The molecule has 0 aromatic carbocycles. The van der Waals surface area contributed by atoms with Gasteiger partial charge in [0.05, 0.1) is 6.20 Å². The summed E-state index contributed by atoms with van der Waals surface area (Å²) in [5, 5.41) is 4.44. The molecule has 0 unspecified atom stereocenters. The van der Waals surface area contributed by atoms with Gasteiger partial charge >= 0.3 is 0 Å². The van der Waals surface area contributed by atoms with E-state index in [0.717, 1.165) is 36.5 Å². The van der Waals surface area contributed by atoms with Gasteiger partial charge in [0.25, 0.3) is 0 Å². The van der Waals surface area contributed by atoms with Crippen LogP contribution in [0.15, 0.2) is 42.9 Å². The summed E-state index contributed by atoms with van der Waals surface area (Å²) in [6.07, 6.45) is 7.03. The molecule has 1 atom stereocenters. The van der Waals surface area contributed by atoms with Gasteiger partial charge in [0.15, 0.2) is 11.4 Å². The first-order valence-corrected chi connectivity index (χ1v) is 9.17. The van der Waals surface area contributed by atoms with Gasteiger partial charge in [-0.15, -0.1) is 0 Å². The lowest BCUT2D eigenvalue weighted by atomic mass is 9.90. The molecule has 26 heavy (non-hydrogen) atoms. The highest BCUT2D eigenvalue weighted by molar-refractivity contribution is 5.98. The van der Waals surface area contributed by atoms with E-state index in [-0.39, 0.29) is 11.7 Å². The third-order valence-corrected chi connectivity index (χ3v) is 5.01. The zero-order chi connectivity index (χ0) is 18.1. The normalized spacial score (nSPS) is 17.8. The number of rotatable bonds is 4. The van der Waals surface area contributed by atoms with Crippen molar-refractivity contribution in [1.29, 1.82) is 0 Å². The van der Waals surface area contributed by atoms with Crippen LogP contribution in [0.1, 0.15) is 48.7 Å². The number of hydrogen-bond donors (Lipinski definition) is 0. The monoisotopic (exact) mass is 349 g/mol. The Morgan fingerprint density at radius 1 is 1.27 bits per heavy atom. The van der Waals surface area contributed by atoms with Crippen molar-refractivity contribution >= 4 is 17.2 Å². The van der Waals surface area contributed by atoms with Crippen LogP contribution >= 0.6 is 0 Å². The van der Waals surface area contributed by atoms with Gasteiger partial charge in [-0.05, 0) is 30.9 Å². The van der Waals surface area contributed by atoms with Crippen molar-refractivity contribution in [3.05, 3.63) is 54.1 Å². The second-order valence-corrected chi connectivity index (χ2v) is 7.19. The number of aromatic nitrogens is 4. The van der Waals surface area contributed by atoms with Gasteiger partial charge in [-0.1, -0.05) is 13.8 Å². The van der Waals surface area contributed by atoms with Crippen LogP contribution in [0, 0.1) is 5.92 Å². The van der Waals surface area contributed by atoms with E-state index >= 15 is 0 Å². The third-order valence-electron chi connectivity index (χ3n) is 5.01. The van der Waals surface area contributed by atoms with Gasteiger partial charge in [0, 0.05) is 54.8 Å². The van der Waals surface area contributed by atoms with E-state index < -0.39 is 0 Å². The molecule has 1 aliphatic heterocycles. The second-order valence-electron chi connectivity index (χ2n) is 7.19. The van der Waals surface area contributed by atoms with Gasteiger partial charge < -0.3 is 4.90 Å². The number of fused-ring (bicyclic) bond motifs is 1. The van der Waals surface area contributed by atoms with Crippen LogP contribution in [0.4, 0.5) is 5.82 Å². The first kappa shape index (κ1) is 16.7. The Morgan fingerprint density at radius 3 is 2.92 bits per heavy atom. The van der Waals surface area contributed by atoms with Gasteiger partial charge in [-0.25, -0.2) is 4.98 Å². The summed E-state index contributed by atoms with van der Waals surface area (Å²) in [4.78, 5) is 23.9. The van der Waals surface area contributed by atoms with Crippen molar-refractivity contribution in [3.8, 4) is 0 Å². The second kappa shape index (κ2) is 6.86. The molecule has 3 aromatic rings. The van der Waals surface area contributed by atoms with Crippen molar-refractivity contribution in [1.82, 2.24) is 19.6 Å². The number of piperidine rings is 1. The van der Waals surface area contributed by atoms with E-state index in [0.29, 0.717) is 18.0 Å². The molecule has 0 saturated carbocycles. The van der Waals surface area contributed by atoms with Crippen molar-refractivity contribution in [2.45, 2.75) is 32.6 Å². The maximum atomic E-state index is 12.9. The highest BCUT2D eigenvalue weighted by Gasteiger charge is 2.28. The Hall–Kier alpha value is -2.76. The number of anilines is 1. The zero-order valence-electron chi connectivity index (χ0n) is 15.2. The average molecular weight is 349 g/mol. The Balaban J connectivity index is 1.65. The minimum atomic E-state index is -0.0192. The number of Topliss-reactive ketones (excluding diaryl/α,β-unsaturated/α-hetero) is 1. The molecule has 0 N–H and O–H groups in total. The summed E-state index contributed by atoms with van der Waals surface area (Å²) in [5.41, 5.74) is 2.60. The van der Waals surface area contributed by atoms with E-state index in [2.05, 4.69) is 34.9 Å². The molecule has 134 valence electrons. The van der Waals surface area contributed by atoms with Crippen LogP contribution < -0.4 is 4.90 Å². The maximum absolute atomic E-state index is 12.9. The van der Waals surface area contributed by atoms with Gasteiger partial charge in [-0.3, -0.25) is 9.78 Å².